The van der Waals surface area contributed by atoms with Gasteiger partial charge in [0.15, 0.2) is 0 Å². The summed E-state index contributed by atoms with van der Waals surface area (Å²) in [5.74, 6) is 5.52. The van der Waals surface area contributed by atoms with Gasteiger partial charge in [0.2, 0.25) is 10.0 Å². The van der Waals surface area contributed by atoms with Crippen molar-refractivity contribution in [2.24, 2.45) is 0 Å². The second-order valence-corrected chi connectivity index (χ2v) is 5.15. The van der Waals surface area contributed by atoms with Gasteiger partial charge in [0.1, 0.15) is 0 Å². The summed E-state index contributed by atoms with van der Waals surface area (Å²) in [5, 5.41) is 0. The smallest absolute Gasteiger partial charge is 0.210 e. The molecule has 16 heavy (non-hydrogen) atoms. The van der Waals surface area contributed by atoms with Gasteiger partial charge < -0.3 is 0 Å². The van der Waals surface area contributed by atoms with Crippen LogP contribution in [0, 0.1) is 18.8 Å². The van der Waals surface area contributed by atoms with Gasteiger partial charge in [0.25, 0.3) is 0 Å². The molecule has 0 aliphatic rings. The van der Waals surface area contributed by atoms with Crippen molar-refractivity contribution in [3.05, 3.63) is 29.8 Å². The van der Waals surface area contributed by atoms with E-state index in [0.29, 0.717) is 17.9 Å². The van der Waals surface area contributed by atoms with Crippen molar-refractivity contribution < 1.29 is 8.42 Å². The van der Waals surface area contributed by atoms with E-state index in [0.717, 1.165) is 5.56 Å². The minimum atomic E-state index is -3.38. The lowest BCUT2D eigenvalue weighted by Crippen LogP contribution is -2.24. The van der Waals surface area contributed by atoms with Gasteiger partial charge in [-0.15, -0.1) is 11.8 Å². The lowest BCUT2D eigenvalue weighted by Gasteiger charge is -2.05. The Kier molecular flexibility index (Phi) is 4.53. The third-order valence-corrected chi connectivity index (χ3v) is 3.53. The van der Waals surface area contributed by atoms with E-state index >= 15 is 0 Å². The molecular weight excluding hydrogens is 222 g/mol. The predicted octanol–water partition coefficient (Wildman–Crippen LogP) is 1.69. The zero-order valence-electron chi connectivity index (χ0n) is 9.45. The van der Waals surface area contributed by atoms with Crippen LogP contribution in [0.25, 0.3) is 0 Å². The van der Waals surface area contributed by atoms with E-state index in [2.05, 4.69) is 16.6 Å². The van der Waals surface area contributed by atoms with Gasteiger partial charge >= 0.3 is 0 Å². The summed E-state index contributed by atoms with van der Waals surface area (Å²) in [7, 11) is -3.38. The van der Waals surface area contributed by atoms with Crippen molar-refractivity contribution in [2.75, 3.05) is 6.54 Å². The molecule has 0 aromatic heterocycles. The fraction of sp³-hybridized carbons (Fsp3) is 0.333. The van der Waals surface area contributed by atoms with E-state index in [1.54, 1.807) is 31.2 Å². The Balaban J connectivity index is 2.69. The molecule has 0 aliphatic carbocycles. The normalized spacial score (nSPS) is 10.6. The van der Waals surface area contributed by atoms with Crippen molar-refractivity contribution in [1.29, 1.82) is 0 Å². The molecule has 1 N–H and O–H groups in total. The van der Waals surface area contributed by atoms with Crippen LogP contribution in [0.4, 0.5) is 0 Å². The second kappa shape index (κ2) is 5.69. The number of rotatable bonds is 4. The van der Waals surface area contributed by atoms with E-state index in [4.69, 9.17) is 0 Å². The monoisotopic (exact) mass is 237 g/mol. The standard InChI is InChI=1S/C12H15NO2S/c1-3-4-5-10-13-16(14,15)12-8-6-11(2)7-9-12/h6-9,13H,5,10H2,1-2H3. The SMILES string of the molecule is CC#CCCNS(=O)(=O)c1ccc(C)cc1. The zero-order chi connectivity index (χ0) is 12.0. The average molecular weight is 237 g/mol. The van der Waals surface area contributed by atoms with Crippen LogP contribution in [-0.2, 0) is 10.0 Å². The highest BCUT2D eigenvalue weighted by Crippen LogP contribution is 2.09. The lowest BCUT2D eigenvalue weighted by molar-refractivity contribution is 0.582. The highest BCUT2D eigenvalue weighted by molar-refractivity contribution is 7.89. The predicted molar refractivity (Wildman–Crippen MR) is 64.4 cm³/mol. The molecule has 86 valence electrons. The Bertz CT molecular complexity index is 492. The van der Waals surface area contributed by atoms with Crippen LogP contribution in [-0.4, -0.2) is 15.0 Å². The molecule has 1 aromatic carbocycles. The number of nitrogens with one attached hydrogen (secondary N) is 1. The van der Waals surface area contributed by atoms with Gasteiger partial charge in [-0.1, -0.05) is 17.7 Å². The molecular formula is C12H15NO2S. The van der Waals surface area contributed by atoms with Crippen LogP contribution in [0.3, 0.4) is 0 Å². The summed E-state index contributed by atoms with van der Waals surface area (Å²) in [6, 6.07) is 6.76. The summed E-state index contributed by atoms with van der Waals surface area (Å²) in [6.45, 7) is 3.99. The molecule has 0 atom stereocenters. The lowest BCUT2D eigenvalue weighted by atomic mass is 10.2. The first-order valence-corrected chi connectivity index (χ1v) is 6.50. The molecule has 1 aromatic rings. The third-order valence-electron chi connectivity index (χ3n) is 2.05. The maximum Gasteiger partial charge on any atom is 0.240 e. The Hall–Kier alpha value is -1.31. The fourth-order valence-electron chi connectivity index (χ4n) is 1.17. The van der Waals surface area contributed by atoms with E-state index in [-0.39, 0.29) is 0 Å². The fourth-order valence-corrected chi connectivity index (χ4v) is 2.21. The molecule has 0 saturated heterocycles. The Morgan fingerprint density at radius 2 is 1.88 bits per heavy atom. The molecule has 0 aliphatic heterocycles. The molecule has 0 amide bonds. The first-order valence-electron chi connectivity index (χ1n) is 5.02. The summed E-state index contributed by atoms with van der Waals surface area (Å²) >= 11 is 0. The summed E-state index contributed by atoms with van der Waals surface area (Å²) in [6.07, 6.45) is 0.529. The molecule has 0 unspecified atom stereocenters. The van der Waals surface area contributed by atoms with Crippen LogP contribution >= 0.6 is 0 Å². The molecule has 4 heteroatoms. The van der Waals surface area contributed by atoms with E-state index in [9.17, 15) is 8.42 Å². The first kappa shape index (κ1) is 12.8. The summed E-state index contributed by atoms with van der Waals surface area (Å²) in [5.41, 5.74) is 1.04. The molecule has 1 rings (SSSR count). The number of hydrogen-bond acceptors (Lipinski definition) is 2. The van der Waals surface area contributed by atoms with Gasteiger partial charge in [-0.25, -0.2) is 13.1 Å². The molecule has 3 nitrogen and oxygen atoms in total. The maximum atomic E-state index is 11.7. The van der Waals surface area contributed by atoms with Crippen LogP contribution in [0.2, 0.25) is 0 Å². The summed E-state index contributed by atoms with van der Waals surface area (Å²) in [4.78, 5) is 0.294. The van der Waals surface area contributed by atoms with Gasteiger partial charge in [0, 0.05) is 13.0 Å². The van der Waals surface area contributed by atoms with E-state index in [1.165, 1.54) is 0 Å². The largest absolute Gasteiger partial charge is 0.240 e. The van der Waals surface area contributed by atoms with Gasteiger partial charge in [-0.05, 0) is 26.0 Å². The molecule has 0 radical (unpaired) electrons. The number of aryl methyl sites for hydroxylation is 1. The van der Waals surface area contributed by atoms with Crippen LogP contribution in [0.1, 0.15) is 18.9 Å². The zero-order valence-corrected chi connectivity index (χ0v) is 10.3. The van der Waals surface area contributed by atoms with E-state index in [1.807, 2.05) is 6.92 Å². The topological polar surface area (TPSA) is 46.2 Å². The Morgan fingerprint density at radius 3 is 2.44 bits per heavy atom. The van der Waals surface area contributed by atoms with Gasteiger partial charge in [0.05, 0.1) is 4.90 Å². The average Bonchev–Trinajstić information content (AvgIpc) is 2.25. The molecule has 0 heterocycles. The third kappa shape index (κ3) is 3.69. The number of hydrogen-bond donors (Lipinski definition) is 1. The molecule has 0 saturated carbocycles. The Labute approximate surface area is 96.9 Å². The van der Waals surface area contributed by atoms with Crippen LogP contribution < -0.4 is 4.72 Å². The molecule has 0 bridgehead atoms. The molecule has 0 fully saturated rings. The van der Waals surface area contributed by atoms with Gasteiger partial charge in [-0.3, -0.25) is 0 Å². The number of sulfonamides is 1. The van der Waals surface area contributed by atoms with Crippen molar-refractivity contribution in [3.8, 4) is 11.8 Å². The second-order valence-electron chi connectivity index (χ2n) is 3.39. The summed E-state index contributed by atoms with van der Waals surface area (Å²) < 4.78 is 26.0. The van der Waals surface area contributed by atoms with Crippen molar-refractivity contribution in [1.82, 2.24) is 4.72 Å². The maximum absolute atomic E-state index is 11.7. The highest BCUT2D eigenvalue weighted by atomic mass is 32.2. The Morgan fingerprint density at radius 1 is 1.25 bits per heavy atom. The quantitative estimate of drug-likeness (QED) is 0.640. The van der Waals surface area contributed by atoms with Crippen molar-refractivity contribution >= 4 is 10.0 Å². The number of benzene rings is 1. The van der Waals surface area contributed by atoms with Crippen LogP contribution in [0.5, 0.6) is 0 Å². The first-order chi connectivity index (χ1) is 7.56. The van der Waals surface area contributed by atoms with Crippen molar-refractivity contribution in [3.63, 3.8) is 0 Å². The van der Waals surface area contributed by atoms with Crippen molar-refractivity contribution in [2.45, 2.75) is 25.2 Å². The van der Waals surface area contributed by atoms with Crippen LogP contribution in [0.15, 0.2) is 29.2 Å². The van der Waals surface area contributed by atoms with Gasteiger partial charge in [-0.2, -0.15) is 0 Å². The minimum absolute atomic E-state index is 0.294. The molecule has 0 spiro atoms. The minimum Gasteiger partial charge on any atom is -0.210 e. The van der Waals surface area contributed by atoms with E-state index < -0.39 is 10.0 Å². The highest BCUT2D eigenvalue weighted by Gasteiger charge is 2.11.